The lowest BCUT2D eigenvalue weighted by atomic mass is 10.1. The monoisotopic (exact) mass is 196 g/mol. The molecule has 0 saturated carbocycles. The van der Waals surface area contributed by atoms with Crippen LogP contribution in [0.3, 0.4) is 0 Å². The summed E-state index contributed by atoms with van der Waals surface area (Å²) in [7, 11) is 0. The maximum absolute atomic E-state index is 10.7. The molecule has 5 heteroatoms. The number of hydrogen-bond donors (Lipinski definition) is 2. The van der Waals surface area contributed by atoms with Gasteiger partial charge in [-0.1, -0.05) is 6.92 Å². The summed E-state index contributed by atoms with van der Waals surface area (Å²) in [4.78, 5) is 10.7. The average Bonchev–Trinajstić information content (AvgIpc) is 2.51. The molecule has 14 heavy (non-hydrogen) atoms. The summed E-state index contributed by atoms with van der Waals surface area (Å²) < 4.78 is 1.81. The summed E-state index contributed by atoms with van der Waals surface area (Å²) >= 11 is 0. The predicted octanol–water partition coefficient (Wildman–Crippen LogP) is 0.168. The van der Waals surface area contributed by atoms with E-state index in [2.05, 4.69) is 12.0 Å². The van der Waals surface area contributed by atoms with E-state index >= 15 is 0 Å². The molecule has 0 bridgehead atoms. The Kier molecular flexibility index (Phi) is 3.64. The van der Waals surface area contributed by atoms with Gasteiger partial charge in [0, 0.05) is 19.2 Å². The molecule has 4 N–H and O–H groups in total. The Morgan fingerprint density at radius 3 is 3.00 bits per heavy atom. The van der Waals surface area contributed by atoms with Gasteiger partial charge in [0.05, 0.1) is 11.7 Å². The van der Waals surface area contributed by atoms with Gasteiger partial charge in [-0.05, 0) is 12.5 Å². The minimum absolute atomic E-state index is 0.162. The normalized spacial score (nSPS) is 12.7. The standard InChI is InChI=1S/C9H16N4O/c1-2-5-13-8(3-4-12-13)7(10)6-9(11)14/h3-4,7H,2,5-6,10H2,1H3,(H2,11,14)/t7-/m0/s1. The Bertz CT molecular complexity index is 308. The van der Waals surface area contributed by atoms with Gasteiger partial charge in [0.25, 0.3) is 0 Å². The van der Waals surface area contributed by atoms with Crippen molar-refractivity contribution in [1.29, 1.82) is 0 Å². The smallest absolute Gasteiger partial charge is 0.219 e. The molecular weight excluding hydrogens is 180 g/mol. The van der Waals surface area contributed by atoms with E-state index in [1.165, 1.54) is 0 Å². The lowest BCUT2D eigenvalue weighted by Crippen LogP contribution is -2.23. The molecule has 0 radical (unpaired) electrons. The molecular formula is C9H16N4O. The molecule has 0 fully saturated rings. The molecule has 1 heterocycles. The van der Waals surface area contributed by atoms with Crippen LogP contribution in [0.2, 0.25) is 0 Å². The summed E-state index contributed by atoms with van der Waals surface area (Å²) in [5, 5.41) is 4.12. The topological polar surface area (TPSA) is 86.9 Å². The first-order chi connectivity index (χ1) is 6.65. The second-order valence-corrected chi connectivity index (χ2v) is 3.26. The van der Waals surface area contributed by atoms with Crippen molar-refractivity contribution in [3.05, 3.63) is 18.0 Å². The van der Waals surface area contributed by atoms with Crippen molar-refractivity contribution in [2.45, 2.75) is 32.4 Å². The zero-order chi connectivity index (χ0) is 10.6. The van der Waals surface area contributed by atoms with E-state index in [0.29, 0.717) is 0 Å². The number of nitrogens with zero attached hydrogens (tertiary/aromatic N) is 2. The van der Waals surface area contributed by atoms with E-state index in [9.17, 15) is 4.79 Å². The second-order valence-electron chi connectivity index (χ2n) is 3.26. The van der Waals surface area contributed by atoms with Crippen molar-refractivity contribution >= 4 is 5.91 Å². The van der Waals surface area contributed by atoms with Crippen LogP contribution < -0.4 is 11.5 Å². The zero-order valence-electron chi connectivity index (χ0n) is 8.31. The molecule has 78 valence electrons. The van der Waals surface area contributed by atoms with E-state index in [1.807, 2.05) is 10.7 Å². The van der Waals surface area contributed by atoms with E-state index in [-0.39, 0.29) is 18.4 Å². The molecule has 0 unspecified atom stereocenters. The van der Waals surface area contributed by atoms with E-state index in [0.717, 1.165) is 18.7 Å². The zero-order valence-corrected chi connectivity index (χ0v) is 8.31. The van der Waals surface area contributed by atoms with Crippen LogP contribution in [-0.4, -0.2) is 15.7 Å². The maximum Gasteiger partial charge on any atom is 0.219 e. The number of amides is 1. The van der Waals surface area contributed by atoms with Crippen LogP contribution in [0.1, 0.15) is 31.5 Å². The van der Waals surface area contributed by atoms with Gasteiger partial charge >= 0.3 is 0 Å². The molecule has 1 aromatic rings. The van der Waals surface area contributed by atoms with Gasteiger partial charge < -0.3 is 11.5 Å². The van der Waals surface area contributed by atoms with Gasteiger partial charge in [-0.3, -0.25) is 9.48 Å². The summed E-state index contributed by atoms with van der Waals surface area (Å²) in [6.07, 6.45) is 2.83. The van der Waals surface area contributed by atoms with E-state index in [1.54, 1.807) is 6.20 Å². The Hall–Kier alpha value is -1.36. The Labute approximate surface area is 83.1 Å². The van der Waals surface area contributed by atoms with Crippen molar-refractivity contribution in [2.75, 3.05) is 0 Å². The van der Waals surface area contributed by atoms with Crippen LogP contribution in [-0.2, 0) is 11.3 Å². The highest BCUT2D eigenvalue weighted by atomic mass is 16.1. The number of nitrogens with two attached hydrogens (primary N) is 2. The van der Waals surface area contributed by atoms with Crippen LogP contribution in [0.5, 0.6) is 0 Å². The lowest BCUT2D eigenvalue weighted by molar-refractivity contribution is -0.118. The highest BCUT2D eigenvalue weighted by Gasteiger charge is 2.13. The third-order valence-corrected chi connectivity index (χ3v) is 1.99. The minimum Gasteiger partial charge on any atom is -0.370 e. The van der Waals surface area contributed by atoms with Crippen molar-refractivity contribution in [2.24, 2.45) is 11.5 Å². The van der Waals surface area contributed by atoms with Crippen molar-refractivity contribution in [3.8, 4) is 0 Å². The molecule has 0 aliphatic rings. The number of carbonyl (C=O) groups excluding carboxylic acids is 1. The number of aromatic nitrogens is 2. The number of hydrogen-bond acceptors (Lipinski definition) is 3. The summed E-state index contributed by atoms with van der Waals surface area (Å²) in [5.74, 6) is -0.387. The molecule has 0 aliphatic heterocycles. The summed E-state index contributed by atoms with van der Waals surface area (Å²) in [6.45, 7) is 2.87. The molecule has 1 rings (SSSR count). The first-order valence-corrected chi connectivity index (χ1v) is 4.70. The number of aryl methyl sites for hydroxylation is 1. The molecule has 0 aromatic carbocycles. The molecule has 5 nitrogen and oxygen atoms in total. The van der Waals surface area contributed by atoms with Gasteiger partial charge in [-0.25, -0.2) is 0 Å². The van der Waals surface area contributed by atoms with E-state index < -0.39 is 0 Å². The highest BCUT2D eigenvalue weighted by Crippen LogP contribution is 2.13. The summed E-state index contributed by atoms with van der Waals surface area (Å²) in [6, 6.07) is 1.48. The van der Waals surface area contributed by atoms with Gasteiger partial charge in [-0.2, -0.15) is 5.10 Å². The SMILES string of the molecule is CCCn1nccc1[C@@H](N)CC(N)=O. The Morgan fingerprint density at radius 1 is 1.71 bits per heavy atom. The Morgan fingerprint density at radius 2 is 2.43 bits per heavy atom. The lowest BCUT2D eigenvalue weighted by Gasteiger charge is -2.11. The van der Waals surface area contributed by atoms with Gasteiger partial charge in [0.15, 0.2) is 0 Å². The quantitative estimate of drug-likeness (QED) is 0.703. The fourth-order valence-electron chi connectivity index (χ4n) is 1.38. The summed E-state index contributed by atoms with van der Waals surface area (Å²) in [5.41, 5.74) is 11.8. The minimum atomic E-state index is -0.387. The first-order valence-electron chi connectivity index (χ1n) is 4.70. The fourth-order valence-corrected chi connectivity index (χ4v) is 1.38. The second kappa shape index (κ2) is 4.76. The average molecular weight is 196 g/mol. The van der Waals surface area contributed by atoms with Crippen LogP contribution in [0, 0.1) is 0 Å². The van der Waals surface area contributed by atoms with Crippen LogP contribution in [0.4, 0.5) is 0 Å². The number of primary amides is 1. The third-order valence-electron chi connectivity index (χ3n) is 1.99. The van der Waals surface area contributed by atoms with Gasteiger partial charge in [0.1, 0.15) is 0 Å². The molecule has 1 amide bonds. The predicted molar refractivity (Wildman–Crippen MR) is 53.3 cm³/mol. The molecule has 1 aromatic heterocycles. The largest absolute Gasteiger partial charge is 0.370 e. The first kappa shape index (κ1) is 10.7. The van der Waals surface area contributed by atoms with E-state index in [4.69, 9.17) is 11.5 Å². The Balaban J connectivity index is 2.72. The highest BCUT2D eigenvalue weighted by molar-refractivity contribution is 5.74. The van der Waals surface area contributed by atoms with Gasteiger partial charge in [-0.15, -0.1) is 0 Å². The fraction of sp³-hybridized carbons (Fsp3) is 0.556. The number of carbonyl (C=O) groups is 1. The van der Waals surface area contributed by atoms with Crippen LogP contribution >= 0.6 is 0 Å². The molecule has 0 aliphatic carbocycles. The van der Waals surface area contributed by atoms with Gasteiger partial charge in [0.2, 0.25) is 5.91 Å². The van der Waals surface area contributed by atoms with Crippen molar-refractivity contribution in [3.63, 3.8) is 0 Å². The third kappa shape index (κ3) is 2.56. The molecule has 0 spiro atoms. The van der Waals surface area contributed by atoms with Crippen LogP contribution in [0.15, 0.2) is 12.3 Å². The van der Waals surface area contributed by atoms with Crippen molar-refractivity contribution < 1.29 is 4.79 Å². The maximum atomic E-state index is 10.7. The van der Waals surface area contributed by atoms with Crippen LogP contribution in [0.25, 0.3) is 0 Å². The van der Waals surface area contributed by atoms with Crippen molar-refractivity contribution in [1.82, 2.24) is 9.78 Å². The number of rotatable bonds is 5. The molecule has 0 saturated heterocycles. The molecule has 1 atom stereocenters.